The second kappa shape index (κ2) is 9.94. The standard InChI is InChI=1S/C22H28ClN3O3/c1-4-15(2)20-21(16(3)13-19(25-20)26-9-11-28-12-10-26)29-22(27)24-14-17-5-7-18(23)8-6-17/h5-8,13,15H,4,9-12,14H2,1-3H3,(H,24,27). The third-order valence-electron chi connectivity index (χ3n) is 5.13. The largest absolute Gasteiger partial charge is 0.412 e. The number of hydrogen-bond acceptors (Lipinski definition) is 5. The number of aromatic nitrogens is 1. The van der Waals surface area contributed by atoms with Crippen molar-refractivity contribution in [2.45, 2.75) is 39.7 Å². The quantitative estimate of drug-likeness (QED) is 0.739. The van der Waals surface area contributed by atoms with E-state index in [4.69, 9.17) is 26.1 Å². The number of carbonyl (C=O) groups excluding carboxylic acids is 1. The Labute approximate surface area is 177 Å². The maximum Gasteiger partial charge on any atom is 0.412 e. The van der Waals surface area contributed by atoms with Gasteiger partial charge < -0.3 is 19.7 Å². The van der Waals surface area contributed by atoms with Crippen molar-refractivity contribution in [1.82, 2.24) is 10.3 Å². The van der Waals surface area contributed by atoms with Gasteiger partial charge in [0.25, 0.3) is 0 Å². The Kier molecular flexibility index (Phi) is 7.34. The van der Waals surface area contributed by atoms with Crippen LogP contribution in [0.2, 0.25) is 5.02 Å². The Balaban J connectivity index is 1.75. The van der Waals surface area contributed by atoms with E-state index in [0.717, 1.165) is 42.1 Å². The number of nitrogens with zero attached hydrogens (tertiary/aromatic N) is 2. The van der Waals surface area contributed by atoms with Gasteiger partial charge in [0.1, 0.15) is 5.82 Å². The highest BCUT2D eigenvalue weighted by Crippen LogP contribution is 2.33. The third kappa shape index (κ3) is 5.61. The summed E-state index contributed by atoms with van der Waals surface area (Å²) in [6, 6.07) is 9.32. The summed E-state index contributed by atoms with van der Waals surface area (Å²) >= 11 is 5.90. The molecule has 1 atom stereocenters. The van der Waals surface area contributed by atoms with Crippen LogP contribution < -0.4 is 15.0 Å². The van der Waals surface area contributed by atoms with Gasteiger partial charge in [-0.05, 0) is 42.7 Å². The minimum atomic E-state index is -0.492. The van der Waals surface area contributed by atoms with E-state index < -0.39 is 6.09 Å². The molecule has 1 aliphatic rings. The third-order valence-corrected chi connectivity index (χ3v) is 5.38. The number of morpholine rings is 1. The van der Waals surface area contributed by atoms with Crippen molar-refractivity contribution < 1.29 is 14.3 Å². The molecule has 2 heterocycles. The molecule has 2 aromatic rings. The molecule has 1 unspecified atom stereocenters. The number of nitrogens with one attached hydrogen (secondary N) is 1. The van der Waals surface area contributed by atoms with E-state index in [1.807, 2.05) is 25.1 Å². The number of halogens is 1. The summed E-state index contributed by atoms with van der Waals surface area (Å²) in [5.41, 5.74) is 2.67. The minimum Gasteiger partial charge on any atom is -0.408 e. The van der Waals surface area contributed by atoms with Crippen molar-refractivity contribution in [3.63, 3.8) is 0 Å². The van der Waals surface area contributed by atoms with Gasteiger partial charge >= 0.3 is 6.09 Å². The molecule has 7 heteroatoms. The zero-order valence-electron chi connectivity index (χ0n) is 17.2. The maximum absolute atomic E-state index is 12.4. The average Bonchev–Trinajstić information content (AvgIpc) is 2.74. The Bertz CT molecular complexity index is 836. The first-order valence-corrected chi connectivity index (χ1v) is 10.4. The second-order valence-electron chi connectivity index (χ2n) is 7.29. The van der Waals surface area contributed by atoms with Crippen LogP contribution in [0.5, 0.6) is 5.75 Å². The van der Waals surface area contributed by atoms with Gasteiger partial charge in [0.2, 0.25) is 0 Å². The summed E-state index contributed by atoms with van der Waals surface area (Å²) in [5, 5.41) is 3.46. The van der Waals surface area contributed by atoms with Gasteiger partial charge in [-0.3, -0.25) is 0 Å². The van der Waals surface area contributed by atoms with Crippen molar-refractivity contribution in [3.8, 4) is 5.75 Å². The van der Waals surface area contributed by atoms with Crippen LogP contribution in [-0.4, -0.2) is 37.4 Å². The van der Waals surface area contributed by atoms with E-state index in [0.29, 0.717) is 30.5 Å². The Hall–Kier alpha value is -2.31. The van der Waals surface area contributed by atoms with Crippen LogP contribution >= 0.6 is 11.6 Å². The highest BCUT2D eigenvalue weighted by atomic mass is 35.5. The van der Waals surface area contributed by atoms with Gasteiger partial charge in [-0.25, -0.2) is 9.78 Å². The zero-order valence-corrected chi connectivity index (χ0v) is 18.0. The van der Waals surface area contributed by atoms with Crippen LogP contribution in [0.15, 0.2) is 30.3 Å². The normalized spacial score (nSPS) is 15.1. The van der Waals surface area contributed by atoms with E-state index in [9.17, 15) is 4.79 Å². The second-order valence-corrected chi connectivity index (χ2v) is 7.73. The van der Waals surface area contributed by atoms with Crippen LogP contribution in [-0.2, 0) is 11.3 Å². The number of carbonyl (C=O) groups is 1. The van der Waals surface area contributed by atoms with Gasteiger partial charge in [-0.15, -0.1) is 0 Å². The van der Waals surface area contributed by atoms with Gasteiger partial charge in [-0.2, -0.15) is 0 Å². The Morgan fingerprint density at radius 3 is 2.66 bits per heavy atom. The topological polar surface area (TPSA) is 63.7 Å². The van der Waals surface area contributed by atoms with E-state index >= 15 is 0 Å². The number of hydrogen-bond donors (Lipinski definition) is 1. The molecule has 0 radical (unpaired) electrons. The lowest BCUT2D eigenvalue weighted by atomic mass is 10.0. The molecular weight excluding hydrogens is 390 g/mol. The van der Waals surface area contributed by atoms with Gasteiger partial charge in [-0.1, -0.05) is 37.6 Å². The molecular formula is C22H28ClN3O3. The Morgan fingerprint density at radius 2 is 2.00 bits per heavy atom. The van der Waals surface area contributed by atoms with Crippen molar-refractivity contribution >= 4 is 23.5 Å². The molecule has 0 spiro atoms. The zero-order chi connectivity index (χ0) is 20.8. The molecule has 1 aromatic heterocycles. The molecule has 0 saturated carbocycles. The number of benzene rings is 1. The molecule has 3 rings (SSSR count). The van der Waals surface area contributed by atoms with E-state index in [1.54, 1.807) is 12.1 Å². The van der Waals surface area contributed by atoms with Gasteiger partial charge in [0, 0.05) is 30.6 Å². The predicted molar refractivity (Wildman–Crippen MR) is 115 cm³/mol. The lowest BCUT2D eigenvalue weighted by Gasteiger charge is -2.29. The van der Waals surface area contributed by atoms with E-state index in [2.05, 4.69) is 24.1 Å². The van der Waals surface area contributed by atoms with Crippen molar-refractivity contribution in [2.75, 3.05) is 31.2 Å². The van der Waals surface area contributed by atoms with Crippen LogP contribution in [0.4, 0.5) is 10.6 Å². The van der Waals surface area contributed by atoms with Crippen LogP contribution in [0.25, 0.3) is 0 Å². The highest BCUT2D eigenvalue weighted by Gasteiger charge is 2.22. The first-order chi connectivity index (χ1) is 14.0. The molecule has 156 valence electrons. The first-order valence-electron chi connectivity index (χ1n) is 10.0. The summed E-state index contributed by atoms with van der Waals surface area (Å²) < 4.78 is 11.1. The molecule has 1 N–H and O–H groups in total. The van der Waals surface area contributed by atoms with Crippen LogP contribution in [0.1, 0.15) is 43.0 Å². The first kappa shape index (κ1) is 21.4. The monoisotopic (exact) mass is 417 g/mol. The molecule has 1 saturated heterocycles. The van der Waals surface area contributed by atoms with Crippen molar-refractivity contribution in [3.05, 3.63) is 52.2 Å². The molecule has 6 nitrogen and oxygen atoms in total. The van der Waals surface area contributed by atoms with Crippen LogP contribution in [0, 0.1) is 6.92 Å². The number of anilines is 1. The summed E-state index contributed by atoms with van der Waals surface area (Å²) in [4.78, 5) is 19.5. The van der Waals surface area contributed by atoms with Crippen molar-refractivity contribution in [1.29, 1.82) is 0 Å². The smallest absolute Gasteiger partial charge is 0.408 e. The number of ether oxygens (including phenoxy) is 2. The Morgan fingerprint density at radius 1 is 1.31 bits per heavy atom. The molecule has 0 bridgehead atoms. The molecule has 1 fully saturated rings. The summed E-state index contributed by atoms with van der Waals surface area (Å²) in [7, 11) is 0. The van der Waals surface area contributed by atoms with Crippen molar-refractivity contribution in [2.24, 2.45) is 0 Å². The molecule has 1 aliphatic heterocycles. The lowest BCUT2D eigenvalue weighted by Crippen LogP contribution is -2.37. The highest BCUT2D eigenvalue weighted by molar-refractivity contribution is 6.30. The average molecular weight is 418 g/mol. The summed E-state index contributed by atoms with van der Waals surface area (Å²) in [6.45, 7) is 9.56. The number of pyridine rings is 1. The SMILES string of the molecule is CCC(C)c1nc(N2CCOCC2)cc(C)c1OC(=O)NCc1ccc(Cl)cc1. The van der Waals surface area contributed by atoms with E-state index in [1.165, 1.54) is 0 Å². The van der Waals surface area contributed by atoms with E-state index in [-0.39, 0.29) is 5.92 Å². The number of rotatable bonds is 6. The molecule has 0 aliphatic carbocycles. The lowest BCUT2D eigenvalue weighted by molar-refractivity contribution is 0.122. The fourth-order valence-corrected chi connectivity index (χ4v) is 3.31. The maximum atomic E-state index is 12.4. The molecule has 1 amide bonds. The molecule has 29 heavy (non-hydrogen) atoms. The fourth-order valence-electron chi connectivity index (χ4n) is 3.19. The fraction of sp³-hybridized carbons (Fsp3) is 0.455. The number of aryl methyl sites for hydroxylation is 1. The van der Waals surface area contributed by atoms with Gasteiger partial charge in [0.15, 0.2) is 5.75 Å². The summed E-state index contributed by atoms with van der Waals surface area (Å²) in [6.07, 6.45) is 0.412. The minimum absolute atomic E-state index is 0.175. The summed E-state index contributed by atoms with van der Waals surface area (Å²) in [5.74, 6) is 1.63. The number of amides is 1. The van der Waals surface area contributed by atoms with Gasteiger partial charge in [0.05, 0.1) is 18.9 Å². The van der Waals surface area contributed by atoms with Crippen LogP contribution in [0.3, 0.4) is 0 Å². The predicted octanol–water partition coefficient (Wildman–Crippen LogP) is 4.68. The molecule has 1 aromatic carbocycles.